The van der Waals surface area contributed by atoms with Crippen molar-refractivity contribution >= 4 is 34.0 Å². The summed E-state index contributed by atoms with van der Waals surface area (Å²) in [5.74, 6) is 0.870. The molecule has 5 aromatic rings. The van der Waals surface area contributed by atoms with Crippen LogP contribution in [0.1, 0.15) is 56.6 Å². The molecule has 0 spiro atoms. The van der Waals surface area contributed by atoms with Gasteiger partial charge in [-0.1, -0.05) is 54.3 Å². The van der Waals surface area contributed by atoms with Gasteiger partial charge in [-0.2, -0.15) is 0 Å². The number of nitrogens with one attached hydrogen (secondary N) is 1. The van der Waals surface area contributed by atoms with Crippen LogP contribution >= 0.6 is 11.6 Å². The van der Waals surface area contributed by atoms with Crippen LogP contribution in [0.15, 0.2) is 73.2 Å². The van der Waals surface area contributed by atoms with Crippen molar-refractivity contribution in [2.75, 3.05) is 18.4 Å². The van der Waals surface area contributed by atoms with Crippen molar-refractivity contribution in [2.45, 2.75) is 63.6 Å². The number of ether oxygens (including phenoxy) is 1. The Bertz CT molecular complexity index is 1750. The maximum absolute atomic E-state index is 13.5. The van der Waals surface area contributed by atoms with Crippen LogP contribution in [0, 0.1) is 5.82 Å². The standard InChI is InChI=1S/C34H35ClFN7O/c35-30-19-26(10-12-33(30)44-21-23-5-4-6-25(36)17-23)39-34-29-18-24(9-11-31(29)37-22-38-34)32-20-43(41-40-32)28-13-15-42(16-14-28)27-7-2-1-3-8-27/h4-6,9-12,17-20,22,27-28H,1-3,7-8,13-16,21H2,(H,37,38,39). The van der Waals surface area contributed by atoms with Crippen molar-refractivity contribution < 1.29 is 9.13 Å². The number of hydrogen-bond acceptors (Lipinski definition) is 7. The van der Waals surface area contributed by atoms with Crippen molar-refractivity contribution in [3.63, 3.8) is 0 Å². The van der Waals surface area contributed by atoms with Crippen LogP contribution in [0.5, 0.6) is 5.75 Å². The van der Waals surface area contributed by atoms with Gasteiger partial charge in [-0.3, -0.25) is 0 Å². The summed E-state index contributed by atoms with van der Waals surface area (Å²) < 4.78 is 21.4. The monoisotopic (exact) mass is 611 g/mol. The van der Waals surface area contributed by atoms with Gasteiger partial charge in [0.15, 0.2) is 0 Å². The number of likely N-dealkylation sites (tertiary alicyclic amines) is 1. The molecule has 0 atom stereocenters. The second-order valence-electron chi connectivity index (χ2n) is 11.8. The average Bonchev–Trinajstić information content (AvgIpc) is 3.56. The Morgan fingerprint density at radius 1 is 0.909 bits per heavy atom. The normalized spacial score (nSPS) is 16.8. The molecule has 44 heavy (non-hydrogen) atoms. The number of fused-ring (bicyclic) bond motifs is 1. The smallest absolute Gasteiger partial charge is 0.141 e. The lowest BCUT2D eigenvalue weighted by Crippen LogP contribution is -2.42. The van der Waals surface area contributed by atoms with Gasteiger partial charge in [-0.25, -0.2) is 19.0 Å². The topological polar surface area (TPSA) is 81.0 Å². The van der Waals surface area contributed by atoms with E-state index in [2.05, 4.69) is 47.4 Å². The van der Waals surface area contributed by atoms with Crippen LogP contribution in [-0.2, 0) is 6.61 Å². The van der Waals surface area contributed by atoms with Crippen molar-refractivity contribution in [3.8, 4) is 17.0 Å². The van der Waals surface area contributed by atoms with Gasteiger partial charge in [0.1, 0.15) is 36.0 Å². The number of anilines is 2. The van der Waals surface area contributed by atoms with Crippen LogP contribution in [0.25, 0.3) is 22.2 Å². The van der Waals surface area contributed by atoms with Gasteiger partial charge in [0.25, 0.3) is 0 Å². The van der Waals surface area contributed by atoms with Crippen LogP contribution in [-0.4, -0.2) is 49.0 Å². The minimum atomic E-state index is -0.299. The Labute approximate surface area is 261 Å². The molecule has 1 aliphatic heterocycles. The summed E-state index contributed by atoms with van der Waals surface area (Å²) in [6, 6.07) is 19.0. The number of halogens is 2. The molecule has 8 nitrogen and oxygen atoms in total. The third-order valence-corrected chi connectivity index (χ3v) is 9.18. The zero-order valence-corrected chi connectivity index (χ0v) is 25.3. The SMILES string of the molecule is Fc1cccc(COc2ccc(Nc3ncnc4ccc(-c5cn(C6CCN(C7CCCCC7)CC6)nn5)cc34)cc2Cl)c1. The lowest BCUT2D eigenvalue weighted by atomic mass is 9.92. The molecule has 2 aliphatic rings. The highest BCUT2D eigenvalue weighted by atomic mass is 35.5. The van der Waals surface area contributed by atoms with Gasteiger partial charge >= 0.3 is 0 Å². The molecule has 1 saturated carbocycles. The zero-order chi connectivity index (χ0) is 29.9. The molecule has 10 heteroatoms. The fourth-order valence-corrected chi connectivity index (χ4v) is 6.72. The van der Waals surface area contributed by atoms with E-state index in [9.17, 15) is 4.39 Å². The summed E-state index contributed by atoms with van der Waals surface area (Å²) in [7, 11) is 0. The zero-order valence-electron chi connectivity index (χ0n) is 24.5. The van der Waals surface area contributed by atoms with Gasteiger partial charge in [0.2, 0.25) is 0 Å². The summed E-state index contributed by atoms with van der Waals surface area (Å²) in [6.07, 6.45) is 12.7. The summed E-state index contributed by atoms with van der Waals surface area (Å²) in [5, 5.41) is 13.8. The van der Waals surface area contributed by atoms with Crippen LogP contribution in [0.3, 0.4) is 0 Å². The van der Waals surface area contributed by atoms with Crippen molar-refractivity contribution in [3.05, 3.63) is 89.6 Å². The second-order valence-corrected chi connectivity index (χ2v) is 12.2. The first-order chi connectivity index (χ1) is 21.6. The van der Waals surface area contributed by atoms with Crippen LogP contribution in [0.2, 0.25) is 5.02 Å². The third kappa shape index (κ3) is 6.39. The van der Waals surface area contributed by atoms with Crippen molar-refractivity contribution in [1.29, 1.82) is 0 Å². The molecule has 1 N–H and O–H groups in total. The number of hydrogen-bond donors (Lipinski definition) is 1. The highest BCUT2D eigenvalue weighted by molar-refractivity contribution is 6.32. The molecule has 0 amide bonds. The number of rotatable bonds is 8. The Hall–Kier alpha value is -4.08. The lowest BCUT2D eigenvalue weighted by Gasteiger charge is -2.39. The quantitative estimate of drug-likeness (QED) is 0.190. The average molecular weight is 612 g/mol. The molecule has 1 aliphatic carbocycles. The van der Waals surface area contributed by atoms with E-state index in [0.717, 1.165) is 65.4 Å². The molecule has 0 bridgehead atoms. The molecule has 0 unspecified atom stereocenters. The number of aromatic nitrogens is 5. The maximum atomic E-state index is 13.5. The first-order valence-corrected chi connectivity index (χ1v) is 15.8. The van der Waals surface area contributed by atoms with Crippen LogP contribution < -0.4 is 10.1 Å². The predicted octanol–water partition coefficient (Wildman–Crippen LogP) is 7.97. The van der Waals surface area contributed by atoms with Gasteiger partial charge in [-0.05, 0) is 73.7 Å². The Morgan fingerprint density at radius 2 is 1.77 bits per heavy atom. The van der Waals surface area contributed by atoms with Gasteiger partial charge in [-0.15, -0.1) is 5.10 Å². The summed E-state index contributed by atoms with van der Waals surface area (Å²) >= 11 is 6.54. The minimum absolute atomic E-state index is 0.216. The molecular formula is C34H35ClFN7O. The molecule has 0 radical (unpaired) electrons. The van der Waals surface area contributed by atoms with E-state index in [4.69, 9.17) is 16.3 Å². The van der Waals surface area contributed by atoms with Gasteiger partial charge in [0, 0.05) is 35.8 Å². The van der Waals surface area contributed by atoms with Crippen molar-refractivity contribution in [2.24, 2.45) is 0 Å². The number of piperidine rings is 1. The Kier molecular flexibility index (Phi) is 8.39. The first kappa shape index (κ1) is 28.7. The number of nitrogens with zero attached hydrogens (tertiary/aromatic N) is 6. The third-order valence-electron chi connectivity index (χ3n) is 8.88. The highest BCUT2D eigenvalue weighted by Gasteiger charge is 2.27. The molecule has 7 rings (SSSR count). The fraction of sp³-hybridized carbons (Fsp3) is 0.353. The second kappa shape index (κ2) is 12.9. The van der Waals surface area contributed by atoms with E-state index in [0.29, 0.717) is 22.6 Å². The largest absolute Gasteiger partial charge is 0.487 e. The van der Waals surface area contributed by atoms with E-state index < -0.39 is 0 Å². The van der Waals surface area contributed by atoms with Gasteiger partial charge in [0.05, 0.1) is 22.8 Å². The Balaban J connectivity index is 1.04. The van der Waals surface area contributed by atoms with E-state index in [1.54, 1.807) is 24.5 Å². The van der Waals surface area contributed by atoms with E-state index in [-0.39, 0.29) is 12.4 Å². The van der Waals surface area contributed by atoms with Crippen molar-refractivity contribution in [1.82, 2.24) is 29.9 Å². The molecule has 226 valence electrons. The molecule has 1 saturated heterocycles. The highest BCUT2D eigenvalue weighted by Crippen LogP contribution is 2.33. The minimum Gasteiger partial charge on any atom is -0.487 e. The van der Waals surface area contributed by atoms with E-state index in [1.165, 1.54) is 44.2 Å². The molecule has 2 fully saturated rings. The first-order valence-electron chi connectivity index (χ1n) is 15.4. The summed E-state index contributed by atoms with van der Waals surface area (Å²) in [6.45, 7) is 2.49. The molecule has 2 aromatic heterocycles. The Morgan fingerprint density at radius 3 is 2.59 bits per heavy atom. The van der Waals surface area contributed by atoms with E-state index >= 15 is 0 Å². The number of benzene rings is 3. The molecule has 3 heterocycles. The lowest BCUT2D eigenvalue weighted by molar-refractivity contribution is 0.105. The van der Waals surface area contributed by atoms with Gasteiger partial charge < -0.3 is 15.0 Å². The fourth-order valence-electron chi connectivity index (χ4n) is 6.48. The molecule has 3 aromatic carbocycles. The summed E-state index contributed by atoms with van der Waals surface area (Å²) in [5.41, 5.74) is 4.09. The summed E-state index contributed by atoms with van der Waals surface area (Å²) in [4.78, 5) is 11.7. The van der Waals surface area contributed by atoms with E-state index in [1.807, 2.05) is 24.3 Å². The maximum Gasteiger partial charge on any atom is 0.141 e. The predicted molar refractivity (Wildman–Crippen MR) is 171 cm³/mol. The van der Waals surface area contributed by atoms with Crippen LogP contribution in [0.4, 0.5) is 15.9 Å². The molecular weight excluding hydrogens is 577 g/mol.